The van der Waals surface area contributed by atoms with Gasteiger partial charge in [-0.15, -0.1) is 0 Å². The molecule has 2 saturated carbocycles. The van der Waals surface area contributed by atoms with E-state index in [2.05, 4.69) is 23.2 Å². The highest BCUT2D eigenvalue weighted by molar-refractivity contribution is 5.87. The van der Waals surface area contributed by atoms with Gasteiger partial charge in [0.2, 0.25) is 5.91 Å². The molecule has 0 aromatic carbocycles. The van der Waals surface area contributed by atoms with Crippen molar-refractivity contribution in [2.45, 2.75) is 95.5 Å². The standard InChI is InChI=1S/C25H35N3O3/c1-16-23-12-22-17(11-21(14-26-22)31-20-3-2-4-20)15-28(23)24(29)25(16)8-5-19(13-25)27-18-6-9-30-10-7-18/h11,14,16,18-20,23,27H,2-10,12-13,15H2,1H3/t16?,19-,23?,25+/m1/s1. The fourth-order valence-corrected chi connectivity index (χ4v) is 6.73. The van der Waals surface area contributed by atoms with E-state index in [-0.39, 0.29) is 11.5 Å². The van der Waals surface area contributed by atoms with Crippen molar-refractivity contribution in [3.63, 3.8) is 0 Å². The molecule has 1 spiro atoms. The quantitative estimate of drug-likeness (QED) is 0.803. The van der Waals surface area contributed by atoms with Gasteiger partial charge in [-0.3, -0.25) is 9.78 Å². The highest BCUT2D eigenvalue weighted by atomic mass is 16.5. The summed E-state index contributed by atoms with van der Waals surface area (Å²) in [6.07, 6.45) is 12.0. The van der Waals surface area contributed by atoms with Crippen LogP contribution in [0.3, 0.4) is 0 Å². The molecule has 31 heavy (non-hydrogen) atoms. The zero-order chi connectivity index (χ0) is 21.0. The monoisotopic (exact) mass is 425 g/mol. The lowest BCUT2D eigenvalue weighted by molar-refractivity contribution is -0.137. The first-order valence-corrected chi connectivity index (χ1v) is 12.4. The zero-order valence-corrected chi connectivity index (χ0v) is 18.6. The lowest BCUT2D eigenvalue weighted by Gasteiger charge is -2.33. The van der Waals surface area contributed by atoms with Crippen LogP contribution in [0.1, 0.15) is 69.5 Å². The third kappa shape index (κ3) is 3.37. The largest absolute Gasteiger partial charge is 0.489 e. The van der Waals surface area contributed by atoms with E-state index in [1.54, 1.807) is 0 Å². The van der Waals surface area contributed by atoms with Crippen LogP contribution < -0.4 is 10.1 Å². The van der Waals surface area contributed by atoms with Crippen molar-refractivity contribution in [1.82, 2.24) is 15.2 Å². The highest BCUT2D eigenvalue weighted by Crippen LogP contribution is 2.54. The maximum absolute atomic E-state index is 13.8. The normalized spacial score (nSPS) is 35.8. The number of rotatable bonds is 4. The van der Waals surface area contributed by atoms with Crippen molar-refractivity contribution in [2.24, 2.45) is 11.3 Å². The number of nitrogens with one attached hydrogen (secondary N) is 1. The SMILES string of the molecule is CC1C2Cc3ncc(OC4CCC4)cc3CN2C(=O)[C@]12CC[C@@H](NC1CCOCC1)C2. The number of amides is 1. The van der Waals surface area contributed by atoms with Crippen LogP contribution in [0.5, 0.6) is 5.75 Å². The molecule has 6 heteroatoms. The van der Waals surface area contributed by atoms with Crippen molar-refractivity contribution in [2.75, 3.05) is 13.2 Å². The molecule has 5 aliphatic rings. The molecule has 2 unspecified atom stereocenters. The van der Waals surface area contributed by atoms with Crippen LogP contribution in [0.15, 0.2) is 12.3 Å². The lowest BCUT2D eigenvalue weighted by atomic mass is 9.73. The van der Waals surface area contributed by atoms with Gasteiger partial charge in [0.15, 0.2) is 0 Å². The summed E-state index contributed by atoms with van der Waals surface area (Å²) >= 11 is 0. The second kappa shape index (κ2) is 7.73. The molecule has 4 atom stereocenters. The van der Waals surface area contributed by atoms with Crippen LogP contribution in [0.25, 0.3) is 0 Å². The summed E-state index contributed by atoms with van der Waals surface area (Å²) < 4.78 is 11.6. The molecule has 2 aliphatic carbocycles. The van der Waals surface area contributed by atoms with Crippen LogP contribution in [0.2, 0.25) is 0 Å². The van der Waals surface area contributed by atoms with Crippen LogP contribution in [-0.2, 0) is 22.5 Å². The van der Waals surface area contributed by atoms with E-state index >= 15 is 0 Å². The molecule has 1 aromatic rings. The van der Waals surface area contributed by atoms with Gasteiger partial charge in [-0.05, 0) is 68.9 Å². The molecule has 168 valence electrons. The van der Waals surface area contributed by atoms with E-state index in [9.17, 15) is 4.79 Å². The van der Waals surface area contributed by atoms with Crippen molar-refractivity contribution < 1.29 is 14.3 Å². The minimum atomic E-state index is -0.194. The first-order chi connectivity index (χ1) is 15.1. The van der Waals surface area contributed by atoms with E-state index in [1.165, 1.54) is 12.0 Å². The number of pyridine rings is 1. The lowest BCUT2D eigenvalue weighted by Crippen LogP contribution is -2.42. The number of aromatic nitrogens is 1. The molecular formula is C25H35N3O3. The van der Waals surface area contributed by atoms with E-state index < -0.39 is 0 Å². The van der Waals surface area contributed by atoms with Gasteiger partial charge in [-0.2, -0.15) is 0 Å². The van der Waals surface area contributed by atoms with E-state index in [0.29, 0.717) is 36.6 Å². The Hall–Kier alpha value is -1.66. The van der Waals surface area contributed by atoms with Crippen molar-refractivity contribution in [1.29, 1.82) is 0 Å². The van der Waals surface area contributed by atoms with E-state index in [0.717, 1.165) is 76.0 Å². The first-order valence-electron chi connectivity index (χ1n) is 12.4. The topological polar surface area (TPSA) is 63.7 Å². The number of fused-ring (bicyclic) bond motifs is 2. The molecule has 4 heterocycles. The number of nitrogens with zero attached hydrogens (tertiary/aromatic N) is 2. The van der Waals surface area contributed by atoms with Crippen LogP contribution in [0, 0.1) is 11.3 Å². The maximum atomic E-state index is 13.8. The van der Waals surface area contributed by atoms with Crippen molar-refractivity contribution in [3.8, 4) is 5.75 Å². The van der Waals surface area contributed by atoms with E-state index in [4.69, 9.17) is 14.5 Å². The Bertz CT molecular complexity index is 850. The first kappa shape index (κ1) is 20.0. The fraction of sp³-hybridized carbons (Fsp3) is 0.760. The second-order valence-electron chi connectivity index (χ2n) is 10.6. The van der Waals surface area contributed by atoms with Gasteiger partial charge in [0.05, 0.1) is 17.7 Å². The summed E-state index contributed by atoms with van der Waals surface area (Å²) in [6.45, 7) is 4.73. The number of ether oxygens (including phenoxy) is 2. The minimum Gasteiger partial charge on any atom is -0.489 e. The van der Waals surface area contributed by atoms with Gasteiger partial charge >= 0.3 is 0 Å². The van der Waals surface area contributed by atoms with E-state index in [1.807, 2.05) is 6.20 Å². The summed E-state index contributed by atoms with van der Waals surface area (Å²) in [6, 6.07) is 3.43. The Kier molecular flexibility index (Phi) is 4.98. The van der Waals surface area contributed by atoms with Gasteiger partial charge in [0.1, 0.15) is 5.75 Å². The molecular weight excluding hydrogens is 390 g/mol. The van der Waals surface area contributed by atoms with Gasteiger partial charge in [0, 0.05) is 50.0 Å². The van der Waals surface area contributed by atoms with Crippen molar-refractivity contribution >= 4 is 5.91 Å². The third-order valence-corrected chi connectivity index (χ3v) is 8.91. The van der Waals surface area contributed by atoms with Crippen LogP contribution >= 0.6 is 0 Å². The molecule has 3 aliphatic heterocycles. The molecule has 0 radical (unpaired) electrons. The fourth-order valence-electron chi connectivity index (χ4n) is 6.73. The second-order valence-corrected chi connectivity index (χ2v) is 10.6. The Balaban J connectivity index is 1.17. The molecule has 1 amide bonds. The molecule has 2 saturated heterocycles. The average molecular weight is 426 g/mol. The average Bonchev–Trinajstić information content (AvgIpc) is 3.26. The Morgan fingerprint density at radius 1 is 1.19 bits per heavy atom. The Morgan fingerprint density at radius 2 is 2.03 bits per heavy atom. The number of carbonyl (C=O) groups is 1. The molecule has 1 aromatic heterocycles. The van der Waals surface area contributed by atoms with Crippen molar-refractivity contribution in [3.05, 3.63) is 23.5 Å². The highest BCUT2D eigenvalue weighted by Gasteiger charge is 2.60. The van der Waals surface area contributed by atoms with Gasteiger partial charge in [-0.25, -0.2) is 0 Å². The zero-order valence-electron chi connectivity index (χ0n) is 18.6. The summed E-state index contributed by atoms with van der Waals surface area (Å²) in [5, 5.41) is 3.87. The van der Waals surface area contributed by atoms with Gasteiger partial charge < -0.3 is 19.7 Å². The summed E-state index contributed by atoms with van der Waals surface area (Å²) in [7, 11) is 0. The minimum absolute atomic E-state index is 0.194. The molecule has 6 nitrogen and oxygen atoms in total. The van der Waals surface area contributed by atoms with Gasteiger partial charge in [-0.1, -0.05) is 6.92 Å². The van der Waals surface area contributed by atoms with Crippen LogP contribution in [-0.4, -0.2) is 53.2 Å². The van der Waals surface area contributed by atoms with Crippen LogP contribution in [0.4, 0.5) is 0 Å². The number of hydrogen-bond donors (Lipinski definition) is 1. The number of hydrogen-bond acceptors (Lipinski definition) is 5. The predicted molar refractivity (Wildman–Crippen MR) is 117 cm³/mol. The Labute approximate surface area is 185 Å². The smallest absolute Gasteiger partial charge is 0.229 e. The summed E-state index contributed by atoms with van der Waals surface area (Å²) in [5.41, 5.74) is 2.15. The molecule has 1 N–H and O–H groups in total. The Morgan fingerprint density at radius 3 is 2.81 bits per heavy atom. The number of carbonyl (C=O) groups excluding carboxylic acids is 1. The molecule has 0 bridgehead atoms. The summed E-state index contributed by atoms with van der Waals surface area (Å²) in [5.74, 6) is 1.64. The summed E-state index contributed by atoms with van der Waals surface area (Å²) in [4.78, 5) is 20.7. The van der Waals surface area contributed by atoms with Gasteiger partial charge in [0.25, 0.3) is 0 Å². The molecule has 6 rings (SSSR count). The molecule has 4 fully saturated rings. The maximum Gasteiger partial charge on any atom is 0.229 e. The third-order valence-electron chi connectivity index (χ3n) is 8.91. The predicted octanol–water partition coefficient (Wildman–Crippen LogP) is 3.22.